The highest BCUT2D eigenvalue weighted by molar-refractivity contribution is 7.89. The van der Waals surface area contributed by atoms with E-state index in [1.165, 1.54) is 0 Å². The number of hydrogen-bond donors (Lipinski definition) is 1. The summed E-state index contributed by atoms with van der Waals surface area (Å²) in [5.74, 6) is -1.68. The average Bonchev–Trinajstić information content (AvgIpc) is 2.28. The van der Waals surface area contributed by atoms with E-state index in [1.807, 2.05) is 0 Å². The van der Waals surface area contributed by atoms with E-state index in [1.54, 1.807) is 4.89 Å². The zero-order valence-electron chi connectivity index (χ0n) is 9.06. The van der Waals surface area contributed by atoms with Crippen LogP contribution in [0.25, 0.3) is 0 Å². The highest BCUT2D eigenvalue weighted by Gasteiger charge is 2.23. The van der Waals surface area contributed by atoms with Crippen LogP contribution in [-0.2, 0) is 19.6 Å². The Balaban J connectivity index is 3.40. The number of hydrogen-bond acceptors (Lipinski definition) is 5. The molecule has 0 unspecified atom stereocenters. The summed E-state index contributed by atoms with van der Waals surface area (Å²) in [7, 11) is -1.96. The number of ether oxygens (including phenoxy) is 1. The zero-order chi connectivity index (χ0) is 13.1. The Hall–Kier alpha value is -1.51. The van der Waals surface area contributed by atoms with Crippen LogP contribution < -0.4 is 4.89 Å². The molecule has 94 valence electrons. The Morgan fingerprint density at radius 1 is 1.35 bits per heavy atom. The predicted molar refractivity (Wildman–Crippen MR) is 55.1 cm³/mol. The molecule has 0 saturated heterocycles. The lowest BCUT2D eigenvalue weighted by molar-refractivity contribution is 0.0596. The molecule has 17 heavy (non-hydrogen) atoms. The van der Waals surface area contributed by atoms with E-state index in [9.17, 15) is 17.6 Å². The molecule has 0 aromatic heterocycles. The SMILES string of the molecule is CONS(=O)(=O)c1cc(F)ccc1C(=O)OC. The molecule has 6 nitrogen and oxygen atoms in total. The van der Waals surface area contributed by atoms with Crippen LogP contribution in [0.3, 0.4) is 0 Å². The van der Waals surface area contributed by atoms with Crippen molar-refractivity contribution in [3.63, 3.8) is 0 Å². The predicted octanol–water partition coefficient (Wildman–Crippen LogP) is 0.452. The van der Waals surface area contributed by atoms with Crippen LogP contribution in [0, 0.1) is 5.82 Å². The number of carbonyl (C=O) groups excluding carboxylic acids is 1. The van der Waals surface area contributed by atoms with Gasteiger partial charge in [-0.3, -0.25) is 4.84 Å². The van der Waals surface area contributed by atoms with Crippen molar-refractivity contribution in [1.82, 2.24) is 4.89 Å². The lowest BCUT2D eigenvalue weighted by Gasteiger charge is -2.08. The second-order valence-corrected chi connectivity index (χ2v) is 4.54. The molecule has 8 heteroatoms. The molecule has 0 radical (unpaired) electrons. The standard InChI is InChI=1S/C9H10FNO5S/c1-15-9(12)7-4-3-6(10)5-8(7)17(13,14)11-16-2/h3-5,11H,1-2H3. The maximum Gasteiger partial charge on any atom is 0.339 e. The van der Waals surface area contributed by atoms with Crippen LogP contribution in [0.4, 0.5) is 4.39 Å². The van der Waals surface area contributed by atoms with Gasteiger partial charge in [-0.15, -0.1) is 0 Å². The van der Waals surface area contributed by atoms with E-state index in [2.05, 4.69) is 9.57 Å². The molecule has 0 heterocycles. The van der Waals surface area contributed by atoms with Crippen molar-refractivity contribution in [3.8, 4) is 0 Å². The van der Waals surface area contributed by atoms with Crippen molar-refractivity contribution in [3.05, 3.63) is 29.6 Å². The first-order valence-electron chi connectivity index (χ1n) is 4.35. The Labute approximate surface area is 97.3 Å². The Bertz CT molecular complexity index is 528. The van der Waals surface area contributed by atoms with Gasteiger partial charge in [-0.05, 0) is 18.2 Å². The molecule has 1 aromatic carbocycles. The van der Waals surface area contributed by atoms with Crippen LogP contribution in [-0.4, -0.2) is 28.6 Å². The smallest absolute Gasteiger partial charge is 0.339 e. The number of carbonyl (C=O) groups is 1. The monoisotopic (exact) mass is 263 g/mol. The summed E-state index contributed by atoms with van der Waals surface area (Å²) in [6.45, 7) is 0. The van der Waals surface area contributed by atoms with Gasteiger partial charge in [0.05, 0.1) is 19.8 Å². The van der Waals surface area contributed by atoms with Gasteiger partial charge in [0.15, 0.2) is 0 Å². The van der Waals surface area contributed by atoms with E-state index >= 15 is 0 Å². The third-order valence-corrected chi connectivity index (χ3v) is 3.13. The van der Waals surface area contributed by atoms with E-state index in [4.69, 9.17) is 0 Å². The van der Waals surface area contributed by atoms with Crippen molar-refractivity contribution in [2.24, 2.45) is 0 Å². The van der Waals surface area contributed by atoms with Gasteiger partial charge >= 0.3 is 5.97 Å². The van der Waals surface area contributed by atoms with Crippen molar-refractivity contribution in [1.29, 1.82) is 0 Å². The number of halogens is 1. The van der Waals surface area contributed by atoms with Crippen LogP contribution in [0.5, 0.6) is 0 Å². The fraction of sp³-hybridized carbons (Fsp3) is 0.222. The van der Waals surface area contributed by atoms with E-state index in [0.29, 0.717) is 6.07 Å². The van der Waals surface area contributed by atoms with Gasteiger partial charge in [0, 0.05) is 0 Å². The summed E-state index contributed by atoms with van der Waals surface area (Å²) in [6, 6.07) is 2.68. The molecular formula is C9H10FNO5S. The summed E-state index contributed by atoms with van der Waals surface area (Å²) in [5, 5.41) is 0. The number of methoxy groups -OCH3 is 1. The highest BCUT2D eigenvalue weighted by Crippen LogP contribution is 2.18. The van der Waals surface area contributed by atoms with Gasteiger partial charge in [0.25, 0.3) is 10.0 Å². The molecule has 0 aliphatic heterocycles. The first-order chi connectivity index (χ1) is 7.92. The molecule has 0 saturated carbocycles. The van der Waals surface area contributed by atoms with Gasteiger partial charge in [-0.2, -0.15) is 0 Å². The molecule has 0 amide bonds. The Morgan fingerprint density at radius 2 is 2.00 bits per heavy atom. The van der Waals surface area contributed by atoms with Crippen molar-refractivity contribution in [2.45, 2.75) is 4.90 Å². The second kappa shape index (κ2) is 5.21. The van der Waals surface area contributed by atoms with Crippen LogP contribution >= 0.6 is 0 Å². The molecule has 0 aliphatic rings. The number of nitrogens with one attached hydrogen (secondary N) is 1. The summed E-state index contributed by atoms with van der Waals surface area (Å²) in [6.07, 6.45) is 0. The van der Waals surface area contributed by atoms with Crippen LogP contribution in [0.1, 0.15) is 10.4 Å². The van der Waals surface area contributed by atoms with Crippen LogP contribution in [0.15, 0.2) is 23.1 Å². The topological polar surface area (TPSA) is 81.7 Å². The molecule has 0 atom stereocenters. The lowest BCUT2D eigenvalue weighted by atomic mass is 10.2. The number of esters is 1. The minimum atomic E-state index is -4.13. The van der Waals surface area contributed by atoms with Crippen LogP contribution in [0.2, 0.25) is 0 Å². The zero-order valence-corrected chi connectivity index (χ0v) is 9.88. The largest absolute Gasteiger partial charge is 0.465 e. The first kappa shape index (κ1) is 13.6. The third kappa shape index (κ3) is 2.99. The molecule has 0 spiro atoms. The lowest BCUT2D eigenvalue weighted by Crippen LogP contribution is -2.24. The molecule has 1 N–H and O–H groups in total. The van der Waals surface area contributed by atoms with E-state index in [0.717, 1.165) is 26.4 Å². The second-order valence-electron chi connectivity index (χ2n) is 2.92. The molecule has 1 aromatic rings. The fourth-order valence-corrected chi connectivity index (χ4v) is 2.17. The maximum atomic E-state index is 13.0. The maximum absolute atomic E-state index is 13.0. The first-order valence-corrected chi connectivity index (χ1v) is 5.83. The van der Waals surface area contributed by atoms with Gasteiger partial charge < -0.3 is 4.74 Å². The van der Waals surface area contributed by atoms with Gasteiger partial charge in [-0.1, -0.05) is 4.89 Å². The molecule has 0 aliphatic carbocycles. The molecule has 0 fully saturated rings. The van der Waals surface area contributed by atoms with Crippen molar-refractivity contribution in [2.75, 3.05) is 14.2 Å². The Kier molecular flexibility index (Phi) is 4.16. The van der Waals surface area contributed by atoms with Gasteiger partial charge in [0.2, 0.25) is 0 Å². The third-order valence-electron chi connectivity index (χ3n) is 1.83. The summed E-state index contributed by atoms with van der Waals surface area (Å²) >= 11 is 0. The number of benzene rings is 1. The van der Waals surface area contributed by atoms with E-state index in [-0.39, 0.29) is 5.56 Å². The van der Waals surface area contributed by atoms with Gasteiger partial charge in [-0.25, -0.2) is 17.6 Å². The highest BCUT2D eigenvalue weighted by atomic mass is 32.2. The number of sulfonamides is 1. The quantitative estimate of drug-likeness (QED) is 0.630. The average molecular weight is 263 g/mol. The van der Waals surface area contributed by atoms with Crippen molar-refractivity contribution >= 4 is 16.0 Å². The summed E-state index contributed by atoms with van der Waals surface area (Å²) < 4.78 is 40.6. The summed E-state index contributed by atoms with van der Waals surface area (Å²) in [4.78, 5) is 16.7. The van der Waals surface area contributed by atoms with Gasteiger partial charge in [0.1, 0.15) is 10.7 Å². The van der Waals surface area contributed by atoms with E-state index < -0.39 is 26.7 Å². The molecular weight excluding hydrogens is 253 g/mol. The summed E-state index contributed by atoms with van der Waals surface area (Å²) in [5.41, 5.74) is -0.279. The molecule has 1 rings (SSSR count). The fourth-order valence-electron chi connectivity index (χ4n) is 1.15. The minimum Gasteiger partial charge on any atom is -0.465 e. The normalized spacial score (nSPS) is 11.2. The minimum absolute atomic E-state index is 0.279. The Morgan fingerprint density at radius 3 is 2.53 bits per heavy atom. The molecule has 0 bridgehead atoms. The number of rotatable bonds is 4. The van der Waals surface area contributed by atoms with Crippen molar-refractivity contribution < 1.29 is 27.2 Å².